The normalized spacial score (nSPS) is 10.6. The molecular formula is C12H19ClN2O2S. The zero-order chi connectivity index (χ0) is 13.2. The molecule has 4 nitrogen and oxygen atoms in total. The maximum Gasteiger partial charge on any atom is 0.233 e. The second kappa shape index (κ2) is 9.33. The van der Waals surface area contributed by atoms with Crippen LogP contribution in [0.5, 0.6) is 0 Å². The Hall–Kier alpha value is -0.620. The second-order valence-electron chi connectivity index (χ2n) is 3.83. The Kier molecular flexibility index (Phi) is 8.00. The molecule has 1 rings (SSSR count). The van der Waals surface area contributed by atoms with Crippen LogP contribution in [0.2, 0.25) is 4.34 Å². The van der Waals surface area contributed by atoms with Crippen molar-refractivity contribution in [3.05, 3.63) is 21.3 Å². The molecule has 0 radical (unpaired) electrons. The van der Waals surface area contributed by atoms with E-state index in [1.165, 1.54) is 4.88 Å². The molecule has 1 heterocycles. The molecule has 1 amide bonds. The average Bonchev–Trinajstić information content (AvgIpc) is 2.76. The van der Waals surface area contributed by atoms with Gasteiger partial charge in [-0.3, -0.25) is 4.79 Å². The number of carbonyl (C=O) groups is 1. The number of nitrogens with one attached hydrogen (secondary N) is 2. The molecule has 0 fully saturated rings. The topological polar surface area (TPSA) is 50.4 Å². The van der Waals surface area contributed by atoms with E-state index in [2.05, 4.69) is 10.6 Å². The standard InChI is InChI=1S/C12H19ClN2O2S/c1-17-8-2-6-15-12(16)9-14-7-5-10-3-4-11(13)18-10/h3-4,14H,2,5-9H2,1H3,(H,15,16). The third kappa shape index (κ3) is 6.96. The largest absolute Gasteiger partial charge is 0.385 e. The van der Waals surface area contributed by atoms with E-state index in [1.807, 2.05) is 12.1 Å². The predicted molar refractivity (Wildman–Crippen MR) is 75.4 cm³/mol. The molecule has 1 aromatic heterocycles. The van der Waals surface area contributed by atoms with Crippen molar-refractivity contribution in [3.63, 3.8) is 0 Å². The van der Waals surface area contributed by atoms with Gasteiger partial charge in [-0.1, -0.05) is 11.6 Å². The van der Waals surface area contributed by atoms with Crippen LogP contribution >= 0.6 is 22.9 Å². The number of hydrogen-bond acceptors (Lipinski definition) is 4. The zero-order valence-corrected chi connectivity index (χ0v) is 12.1. The van der Waals surface area contributed by atoms with E-state index in [4.69, 9.17) is 16.3 Å². The minimum atomic E-state index is 0.0234. The molecule has 0 aliphatic carbocycles. The Labute approximate surface area is 117 Å². The monoisotopic (exact) mass is 290 g/mol. The molecule has 18 heavy (non-hydrogen) atoms. The van der Waals surface area contributed by atoms with Gasteiger partial charge in [-0.2, -0.15) is 0 Å². The van der Waals surface area contributed by atoms with Gasteiger partial charge < -0.3 is 15.4 Å². The van der Waals surface area contributed by atoms with Crippen LogP contribution in [-0.4, -0.2) is 39.3 Å². The molecule has 0 unspecified atom stereocenters. The molecule has 102 valence electrons. The number of amides is 1. The fourth-order valence-electron chi connectivity index (χ4n) is 1.41. The lowest BCUT2D eigenvalue weighted by Crippen LogP contribution is -2.35. The number of halogens is 1. The highest BCUT2D eigenvalue weighted by Crippen LogP contribution is 2.21. The summed E-state index contributed by atoms with van der Waals surface area (Å²) in [6, 6.07) is 3.91. The first-order valence-corrected chi connectivity index (χ1v) is 7.12. The van der Waals surface area contributed by atoms with Crippen molar-refractivity contribution in [1.82, 2.24) is 10.6 Å². The molecular weight excluding hydrogens is 272 g/mol. The first kappa shape index (κ1) is 15.4. The Balaban J connectivity index is 1.98. The Morgan fingerprint density at radius 2 is 2.28 bits per heavy atom. The predicted octanol–water partition coefficient (Wildman–Crippen LogP) is 1.69. The molecule has 1 aromatic rings. The highest BCUT2D eigenvalue weighted by Gasteiger charge is 2.01. The number of ether oxygens (including phenoxy) is 1. The summed E-state index contributed by atoms with van der Waals surface area (Å²) in [7, 11) is 1.65. The summed E-state index contributed by atoms with van der Waals surface area (Å²) in [4.78, 5) is 12.6. The maximum atomic E-state index is 11.4. The lowest BCUT2D eigenvalue weighted by atomic mass is 10.3. The van der Waals surface area contributed by atoms with Crippen molar-refractivity contribution in [2.45, 2.75) is 12.8 Å². The second-order valence-corrected chi connectivity index (χ2v) is 5.63. The van der Waals surface area contributed by atoms with Crippen LogP contribution in [0, 0.1) is 0 Å². The van der Waals surface area contributed by atoms with Gasteiger partial charge in [0.05, 0.1) is 10.9 Å². The number of thiophene rings is 1. The molecule has 0 atom stereocenters. The van der Waals surface area contributed by atoms with Crippen molar-refractivity contribution < 1.29 is 9.53 Å². The van der Waals surface area contributed by atoms with Gasteiger partial charge >= 0.3 is 0 Å². The fourth-order valence-corrected chi connectivity index (χ4v) is 2.49. The van der Waals surface area contributed by atoms with E-state index in [0.717, 1.165) is 23.7 Å². The molecule has 0 spiro atoms. The van der Waals surface area contributed by atoms with Gasteiger partial charge in [0.15, 0.2) is 0 Å². The Morgan fingerprint density at radius 3 is 2.94 bits per heavy atom. The van der Waals surface area contributed by atoms with Crippen molar-refractivity contribution in [1.29, 1.82) is 0 Å². The van der Waals surface area contributed by atoms with Crippen LogP contribution in [0.1, 0.15) is 11.3 Å². The summed E-state index contributed by atoms with van der Waals surface area (Å²) < 4.78 is 5.70. The number of rotatable bonds is 9. The van der Waals surface area contributed by atoms with Crippen LogP contribution in [0.3, 0.4) is 0 Å². The highest BCUT2D eigenvalue weighted by molar-refractivity contribution is 7.16. The quantitative estimate of drug-likeness (QED) is 0.681. The zero-order valence-electron chi connectivity index (χ0n) is 10.5. The van der Waals surface area contributed by atoms with Crippen LogP contribution in [0.25, 0.3) is 0 Å². The summed E-state index contributed by atoms with van der Waals surface area (Å²) in [6.07, 6.45) is 1.74. The molecule has 0 aromatic carbocycles. The molecule has 0 aliphatic rings. The van der Waals surface area contributed by atoms with Crippen LogP contribution in [0.4, 0.5) is 0 Å². The highest BCUT2D eigenvalue weighted by atomic mass is 35.5. The van der Waals surface area contributed by atoms with Crippen molar-refractivity contribution >= 4 is 28.8 Å². The third-order valence-corrected chi connectivity index (χ3v) is 3.60. The van der Waals surface area contributed by atoms with Gasteiger partial charge in [-0.05, 0) is 25.0 Å². The van der Waals surface area contributed by atoms with E-state index >= 15 is 0 Å². The van der Waals surface area contributed by atoms with E-state index in [1.54, 1.807) is 18.4 Å². The average molecular weight is 291 g/mol. The maximum absolute atomic E-state index is 11.4. The van der Waals surface area contributed by atoms with Crippen LogP contribution < -0.4 is 10.6 Å². The third-order valence-electron chi connectivity index (χ3n) is 2.31. The molecule has 0 saturated heterocycles. The van der Waals surface area contributed by atoms with Gasteiger partial charge in [-0.15, -0.1) is 11.3 Å². The van der Waals surface area contributed by atoms with Crippen molar-refractivity contribution in [2.24, 2.45) is 0 Å². The van der Waals surface area contributed by atoms with Gasteiger partial charge in [0.1, 0.15) is 0 Å². The number of methoxy groups -OCH3 is 1. The number of carbonyl (C=O) groups excluding carboxylic acids is 1. The summed E-state index contributed by atoms with van der Waals surface area (Å²) in [5.74, 6) is 0.0234. The minimum absolute atomic E-state index is 0.0234. The molecule has 0 aliphatic heterocycles. The van der Waals surface area contributed by atoms with Crippen molar-refractivity contribution in [3.8, 4) is 0 Å². The summed E-state index contributed by atoms with van der Waals surface area (Å²) in [6.45, 7) is 2.47. The SMILES string of the molecule is COCCCNC(=O)CNCCc1ccc(Cl)s1. The van der Waals surface area contributed by atoms with E-state index < -0.39 is 0 Å². The first-order chi connectivity index (χ1) is 8.72. The van der Waals surface area contributed by atoms with Gasteiger partial charge in [0.25, 0.3) is 0 Å². The van der Waals surface area contributed by atoms with E-state index in [9.17, 15) is 4.79 Å². The summed E-state index contributed by atoms with van der Waals surface area (Å²) in [5, 5.41) is 5.92. The fraction of sp³-hybridized carbons (Fsp3) is 0.583. The van der Waals surface area contributed by atoms with Crippen LogP contribution in [-0.2, 0) is 16.0 Å². The lowest BCUT2D eigenvalue weighted by molar-refractivity contribution is -0.120. The molecule has 0 bridgehead atoms. The molecule has 6 heteroatoms. The Bertz CT molecular complexity index is 358. The lowest BCUT2D eigenvalue weighted by Gasteiger charge is -2.05. The van der Waals surface area contributed by atoms with Gasteiger partial charge in [0, 0.05) is 31.7 Å². The molecule has 0 saturated carbocycles. The van der Waals surface area contributed by atoms with E-state index in [0.29, 0.717) is 19.7 Å². The smallest absolute Gasteiger partial charge is 0.233 e. The van der Waals surface area contributed by atoms with Crippen molar-refractivity contribution in [2.75, 3.05) is 33.4 Å². The van der Waals surface area contributed by atoms with Crippen LogP contribution in [0.15, 0.2) is 12.1 Å². The first-order valence-electron chi connectivity index (χ1n) is 5.93. The number of hydrogen-bond donors (Lipinski definition) is 2. The van der Waals surface area contributed by atoms with Gasteiger partial charge in [0.2, 0.25) is 5.91 Å². The van der Waals surface area contributed by atoms with Gasteiger partial charge in [-0.25, -0.2) is 0 Å². The minimum Gasteiger partial charge on any atom is -0.385 e. The summed E-state index contributed by atoms with van der Waals surface area (Å²) in [5.41, 5.74) is 0. The summed E-state index contributed by atoms with van der Waals surface area (Å²) >= 11 is 7.41. The Morgan fingerprint density at radius 1 is 1.44 bits per heavy atom. The van der Waals surface area contributed by atoms with E-state index in [-0.39, 0.29) is 5.91 Å². The molecule has 2 N–H and O–H groups in total.